The highest BCUT2D eigenvalue weighted by Gasteiger charge is 2.17. The Bertz CT molecular complexity index is 598. The van der Waals surface area contributed by atoms with Crippen LogP contribution in [-0.2, 0) is 4.74 Å². The smallest absolute Gasteiger partial charge is 0.227 e. The Hall–Kier alpha value is -1.65. The molecule has 3 rings (SSSR count). The van der Waals surface area contributed by atoms with Crippen molar-refractivity contribution < 1.29 is 4.74 Å². The molecule has 1 fully saturated rings. The first-order valence-electron chi connectivity index (χ1n) is 6.68. The van der Waals surface area contributed by atoms with E-state index >= 15 is 0 Å². The fraction of sp³-hybridized carbons (Fsp3) is 0.333. The Morgan fingerprint density at radius 1 is 1.10 bits per heavy atom. The lowest BCUT2D eigenvalue weighted by molar-refractivity contribution is 0.122. The average Bonchev–Trinajstić information content (AvgIpc) is 2.51. The van der Waals surface area contributed by atoms with E-state index in [1.165, 1.54) is 0 Å². The molecule has 0 atom stereocenters. The molecule has 0 radical (unpaired) electrons. The number of aromatic nitrogens is 2. The zero-order valence-corrected chi connectivity index (χ0v) is 12.1. The molecular weight excluding hydrogens is 274 g/mol. The molecule has 1 saturated heterocycles. The van der Waals surface area contributed by atoms with Crippen LogP contribution in [0.4, 0.5) is 5.95 Å². The van der Waals surface area contributed by atoms with Gasteiger partial charge in [0.25, 0.3) is 0 Å². The molecule has 5 heteroatoms. The molecular formula is C15H16ClN3O. The van der Waals surface area contributed by atoms with Gasteiger partial charge in [0.05, 0.1) is 18.9 Å². The molecule has 1 aromatic carbocycles. The van der Waals surface area contributed by atoms with Crippen molar-refractivity contribution in [1.29, 1.82) is 0 Å². The van der Waals surface area contributed by atoms with Crippen molar-refractivity contribution in [2.75, 3.05) is 31.2 Å². The summed E-state index contributed by atoms with van der Waals surface area (Å²) < 4.78 is 5.36. The van der Waals surface area contributed by atoms with Gasteiger partial charge in [0.2, 0.25) is 5.95 Å². The number of benzene rings is 1. The van der Waals surface area contributed by atoms with Gasteiger partial charge >= 0.3 is 0 Å². The van der Waals surface area contributed by atoms with Gasteiger partial charge in [0, 0.05) is 24.2 Å². The van der Waals surface area contributed by atoms with Gasteiger partial charge < -0.3 is 9.64 Å². The van der Waals surface area contributed by atoms with Crippen molar-refractivity contribution in [2.24, 2.45) is 0 Å². The maximum Gasteiger partial charge on any atom is 0.227 e. The predicted molar refractivity (Wildman–Crippen MR) is 80.2 cm³/mol. The van der Waals surface area contributed by atoms with Crippen LogP contribution in [0, 0.1) is 6.92 Å². The third-order valence-corrected chi connectivity index (χ3v) is 3.78. The minimum atomic E-state index is 0.514. The van der Waals surface area contributed by atoms with E-state index in [2.05, 4.69) is 9.88 Å². The van der Waals surface area contributed by atoms with E-state index in [0.29, 0.717) is 24.3 Å². The molecule has 0 bridgehead atoms. The van der Waals surface area contributed by atoms with E-state index in [4.69, 9.17) is 21.3 Å². The van der Waals surface area contributed by atoms with Crippen LogP contribution in [0.25, 0.3) is 11.3 Å². The van der Waals surface area contributed by atoms with Gasteiger partial charge in [-0.25, -0.2) is 9.97 Å². The van der Waals surface area contributed by atoms with Crippen LogP contribution in [-0.4, -0.2) is 36.3 Å². The van der Waals surface area contributed by atoms with E-state index < -0.39 is 0 Å². The molecule has 4 nitrogen and oxygen atoms in total. The van der Waals surface area contributed by atoms with Gasteiger partial charge in [-0.15, -0.1) is 0 Å². The lowest BCUT2D eigenvalue weighted by Gasteiger charge is -2.27. The largest absolute Gasteiger partial charge is 0.378 e. The summed E-state index contributed by atoms with van der Waals surface area (Å²) in [6, 6.07) is 10.1. The molecule has 0 aliphatic carbocycles. The standard InChI is InChI=1S/C15H16ClN3O/c1-11-13(12-5-3-2-4-6-12)17-15(18-14(11)16)19-7-9-20-10-8-19/h2-6H,7-10H2,1H3. The van der Waals surface area contributed by atoms with E-state index in [1.807, 2.05) is 37.3 Å². The molecule has 0 unspecified atom stereocenters. The summed E-state index contributed by atoms with van der Waals surface area (Å²) in [6.07, 6.45) is 0. The van der Waals surface area contributed by atoms with Gasteiger partial charge in [0.15, 0.2) is 0 Å². The summed E-state index contributed by atoms with van der Waals surface area (Å²) in [4.78, 5) is 11.2. The molecule has 20 heavy (non-hydrogen) atoms. The highest BCUT2D eigenvalue weighted by atomic mass is 35.5. The first-order valence-corrected chi connectivity index (χ1v) is 7.06. The van der Waals surface area contributed by atoms with Crippen molar-refractivity contribution >= 4 is 17.5 Å². The van der Waals surface area contributed by atoms with Gasteiger partial charge in [-0.05, 0) is 6.92 Å². The minimum Gasteiger partial charge on any atom is -0.378 e. The summed E-state index contributed by atoms with van der Waals surface area (Å²) in [6.45, 7) is 4.96. The molecule has 2 aromatic rings. The maximum absolute atomic E-state index is 6.28. The third-order valence-electron chi connectivity index (χ3n) is 3.42. The van der Waals surface area contributed by atoms with Gasteiger partial charge in [-0.3, -0.25) is 0 Å². The number of morpholine rings is 1. The lowest BCUT2D eigenvalue weighted by atomic mass is 10.1. The molecule has 0 amide bonds. The second kappa shape index (κ2) is 5.77. The zero-order valence-electron chi connectivity index (χ0n) is 11.3. The number of anilines is 1. The van der Waals surface area contributed by atoms with Crippen molar-refractivity contribution in [3.63, 3.8) is 0 Å². The summed E-state index contributed by atoms with van der Waals surface area (Å²) in [5.41, 5.74) is 2.87. The Labute approximate surface area is 123 Å². The number of ether oxygens (including phenoxy) is 1. The quantitative estimate of drug-likeness (QED) is 0.797. The second-order valence-electron chi connectivity index (χ2n) is 4.75. The van der Waals surface area contributed by atoms with Crippen LogP contribution in [0.3, 0.4) is 0 Å². The summed E-state index contributed by atoms with van der Waals surface area (Å²) >= 11 is 6.28. The number of hydrogen-bond donors (Lipinski definition) is 0. The van der Waals surface area contributed by atoms with E-state index in [1.54, 1.807) is 0 Å². The third kappa shape index (κ3) is 2.62. The Balaban J connectivity index is 2.03. The van der Waals surface area contributed by atoms with Crippen LogP contribution in [0.2, 0.25) is 5.15 Å². The maximum atomic E-state index is 6.28. The Kier molecular flexibility index (Phi) is 3.85. The van der Waals surface area contributed by atoms with Crippen LogP contribution in [0.5, 0.6) is 0 Å². The number of rotatable bonds is 2. The first kappa shape index (κ1) is 13.3. The molecule has 104 valence electrons. The Morgan fingerprint density at radius 2 is 1.80 bits per heavy atom. The monoisotopic (exact) mass is 289 g/mol. The molecule has 0 N–H and O–H groups in total. The minimum absolute atomic E-state index is 0.514. The normalized spacial score (nSPS) is 15.4. The predicted octanol–water partition coefficient (Wildman–Crippen LogP) is 2.94. The van der Waals surface area contributed by atoms with Crippen molar-refractivity contribution in [3.8, 4) is 11.3 Å². The van der Waals surface area contributed by atoms with Crippen LogP contribution >= 0.6 is 11.6 Å². The van der Waals surface area contributed by atoms with Crippen molar-refractivity contribution in [1.82, 2.24) is 9.97 Å². The molecule has 1 aliphatic rings. The van der Waals surface area contributed by atoms with E-state index in [9.17, 15) is 0 Å². The summed E-state index contributed by atoms with van der Waals surface area (Å²) in [7, 11) is 0. The van der Waals surface area contributed by atoms with E-state index in [-0.39, 0.29) is 0 Å². The van der Waals surface area contributed by atoms with Crippen LogP contribution in [0.1, 0.15) is 5.56 Å². The lowest BCUT2D eigenvalue weighted by Crippen LogP contribution is -2.37. The molecule has 0 saturated carbocycles. The zero-order chi connectivity index (χ0) is 13.9. The molecule has 1 aliphatic heterocycles. The van der Waals surface area contributed by atoms with Crippen molar-refractivity contribution in [2.45, 2.75) is 6.92 Å². The summed E-state index contributed by atoms with van der Waals surface area (Å²) in [5, 5.41) is 0.514. The van der Waals surface area contributed by atoms with Crippen LogP contribution < -0.4 is 4.90 Å². The fourth-order valence-corrected chi connectivity index (χ4v) is 2.43. The second-order valence-corrected chi connectivity index (χ2v) is 5.11. The SMILES string of the molecule is Cc1c(Cl)nc(N2CCOCC2)nc1-c1ccccc1. The van der Waals surface area contributed by atoms with Gasteiger partial charge in [-0.2, -0.15) is 0 Å². The molecule has 0 spiro atoms. The van der Waals surface area contributed by atoms with Crippen molar-refractivity contribution in [3.05, 3.63) is 41.0 Å². The van der Waals surface area contributed by atoms with E-state index in [0.717, 1.165) is 29.9 Å². The average molecular weight is 290 g/mol. The fourth-order valence-electron chi connectivity index (χ4n) is 2.26. The molecule has 2 heterocycles. The van der Waals surface area contributed by atoms with Crippen LogP contribution in [0.15, 0.2) is 30.3 Å². The summed E-state index contributed by atoms with van der Waals surface area (Å²) in [5.74, 6) is 0.683. The van der Waals surface area contributed by atoms with Gasteiger partial charge in [0.1, 0.15) is 5.15 Å². The number of hydrogen-bond acceptors (Lipinski definition) is 4. The molecule has 1 aromatic heterocycles. The first-order chi connectivity index (χ1) is 9.75. The topological polar surface area (TPSA) is 38.2 Å². The highest BCUT2D eigenvalue weighted by molar-refractivity contribution is 6.30. The number of nitrogens with zero attached hydrogens (tertiary/aromatic N) is 3. The van der Waals surface area contributed by atoms with Gasteiger partial charge in [-0.1, -0.05) is 41.9 Å². The number of halogens is 1. The highest BCUT2D eigenvalue weighted by Crippen LogP contribution is 2.28. The Morgan fingerprint density at radius 3 is 2.50 bits per heavy atom.